The summed E-state index contributed by atoms with van der Waals surface area (Å²) < 4.78 is 48.6. The summed E-state index contributed by atoms with van der Waals surface area (Å²) in [4.78, 5) is 24.2. The van der Waals surface area contributed by atoms with Crippen LogP contribution in [0.15, 0.2) is 41.5 Å². The first kappa shape index (κ1) is 23.3. The first-order valence-electron chi connectivity index (χ1n) is 10.8. The van der Waals surface area contributed by atoms with Gasteiger partial charge in [0.2, 0.25) is 0 Å². The van der Waals surface area contributed by atoms with Gasteiger partial charge in [-0.2, -0.15) is 13.9 Å². The summed E-state index contributed by atoms with van der Waals surface area (Å²) in [7, 11) is 1.59. The number of benzene rings is 1. The SMILES string of the molecule is Cc1nc2cc(N3CCO[C@H](c4cnn(C(F)F)c4)C3)nc(-c3ccc(Cl)cc3F)c2c(=O)n1C. The van der Waals surface area contributed by atoms with Crippen LogP contribution in [0, 0.1) is 12.7 Å². The maximum Gasteiger partial charge on any atom is 0.333 e. The Labute approximate surface area is 202 Å². The molecule has 12 heteroatoms. The molecule has 5 rings (SSSR count). The van der Waals surface area contributed by atoms with E-state index in [2.05, 4.69) is 15.1 Å². The van der Waals surface area contributed by atoms with Crippen LogP contribution in [-0.4, -0.2) is 44.0 Å². The second kappa shape index (κ2) is 8.97. The van der Waals surface area contributed by atoms with Gasteiger partial charge >= 0.3 is 6.55 Å². The molecule has 35 heavy (non-hydrogen) atoms. The maximum atomic E-state index is 14.9. The lowest BCUT2D eigenvalue weighted by Gasteiger charge is -2.33. The molecule has 1 atom stereocenters. The average molecular weight is 505 g/mol. The zero-order valence-corrected chi connectivity index (χ0v) is 19.5. The van der Waals surface area contributed by atoms with Gasteiger partial charge < -0.3 is 9.64 Å². The highest BCUT2D eigenvalue weighted by molar-refractivity contribution is 6.30. The van der Waals surface area contributed by atoms with E-state index in [1.165, 1.54) is 29.1 Å². The second-order valence-electron chi connectivity index (χ2n) is 8.21. The summed E-state index contributed by atoms with van der Waals surface area (Å²) in [6.07, 6.45) is 2.07. The van der Waals surface area contributed by atoms with Crippen LogP contribution in [-0.2, 0) is 11.8 Å². The molecular weight excluding hydrogens is 485 g/mol. The minimum atomic E-state index is -2.75. The van der Waals surface area contributed by atoms with Crippen molar-refractivity contribution in [3.63, 3.8) is 0 Å². The van der Waals surface area contributed by atoms with E-state index in [4.69, 9.17) is 16.3 Å². The predicted octanol–water partition coefficient (Wildman–Crippen LogP) is 4.27. The van der Waals surface area contributed by atoms with Gasteiger partial charge in [0.25, 0.3) is 5.56 Å². The third kappa shape index (κ3) is 4.25. The molecule has 0 N–H and O–H groups in total. The van der Waals surface area contributed by atoms with Crippen LogP contribution >= 0.6 is 11.6 Å². The van der Waals surface area contributed by atoms with Crippen molar-refractivity contribution in [3.8, 4) is 11.3 Å². The molecule has 1 fully saturated rings. The molecule has 0 spiro atoms. The van der Waals surface area contributed by atoms with E-state index < -0.39 is 18.5 Å². The number of hydrogen-bond acceptors (Lipinski definition) is 6. The number of aromatic nitrogens is 5. The summed E-state index contributed by atoms with van der Waals surface area (Å²) in [6, 6.07) is 5.83. The highest BCUT2D eigenvalue weighted by atomic mass is 35.5. The number of aryl methyl sites for hydroxylation is 1. The summed E-state index contributed by atoms with van der Waals surface area (Å²) in [5, 5.41) is 4.08. The van der Waals surface area contributed by atoms with Gasteiger partial charge in [0.05, 0.1) is 29.4 Å². The largest absolute Gasteiger partial charge is 0.370 e. The number of halogens is 4. The molecule has 0 radical (unpaired) electrons. The number of pyridine rings is 1. The van der Waals surface area contributed by atoms with E-state index in [9.17, 15) is 18.0 Å². The number of hydrogen-bond donors (Lipinski definition) is 0. The van der Waals surface area contributed by atoms with Crippen molar-refractivity contribution in [2.45, 2.75) is 19.6 Å². The summed E-state index contributed by atoms with van der Waals surface area (Å²) in [6.45, 7) is -0.00360. The number of ether oxygens (including phenoxy) is 1. The van der Waals surface area contributed by atoms with Gasteiger partial charge in [-0.25, -0.2) is 19.0 Å². The molecule has 8 nitrogen and oxygen atoms in total. The van der Waals surface area contributed by atoms with Crippen molar-refractivity contribution in [1.29, 1.82) is 0 Å². The highest BCUT2D eigenvalue weighted by Crippen LogP contribution is 2.33. The number of rotatable bonds is 4. The first-order valence-corrected chi connectivity index (χ1v) is 11.1. The lowest BCUT2D eigenvalue weighted by molar-refractivity contribution is 0.0379. The molecule has 3 aromatic heterocycles. The Morgan fingerprint density at radius 3 is 2.74 bits per heavy atom. The zero-order valence-electron chi connectivity index (χ0n) is 18.8. The van der Waals surface area contributed by atoms with Crippen LogP contribution < -0.4 is 10.5 Å². The van der Waals surface area contributed by atoms with Gasteiger partial charge in [-0.15, -0.1) is 0 Å². The molecule has 0 saturated carbocycles. The Hall–Kier alpha value is -3.44. The number of alkyl halides is 2. The smallest absolute Gasteiger partial charge is 0.333 e. The molecule has 1 aliphatic rings. The molecule has 0 bridgehead atoms. The predicted molar refractivity (Wildman–Crippen MR) is 124 cm³/mol. The topological polar surface area (TPSA) is 78.1 Å². The van der Waals surface area contributed by atoms with Gasteiger partial charge in [-0.3, -0.25) is 9.36 Å². The van der Waals surface area contributed by atoms with Crippen LogP contribution in [0.3, 0.4) is 0 Å². The minimum Gasteiger partial charge on any atom is -0.370 e. The van der Waals surface area contributed by atoms with Crippen molar-refractivity contribution in [2.75, 3.05) is 24.6 Å². The van der Waals surface area contributed by atoms with E-state index >= 15 is 0 Å². The first-order chi connectivity index (χ1) is 16.7. The number of nitrogens with zero attached hydrogens (tertiary/aromatic N) is 6. The Morgan fingerprint density at radius 1 is 1.23 bits per heavy atom. The average Bonchev–Trinajstić information content (AvgIpc) is 3.33. The molecule has 0 amide bonds. The van der Waals surface area contributed by atoms with Crippen LogP contribution in [0.5, 0.6) is 0 Å². The van der Waals surface area contributed by atoms with Crippen molar-refractivity contribution < 1.29 is 17.9 Å². The quantitative estimate of drug-likeness (QED) is 0.413. The molecule has 4 heterocycles. The van der Waals surface area contributed by atoms with Gasteiger partial charge in [-0.05, 0) is 25.1 Å². The van der Waals surface area contributed by atoms with Gasteiger partial charge in [-0.1, -0.05) is 11.6 Å². The second-order valence-corrected chi connectivity index (χ2v) is 8.64. The van der Waals surface area contributed by atoms with Gasteiger partial charge in [0, 0.05) is 48.5 Å². The standard InChI is InChI=1S/C23H20ClF3N6O2/c1-12-29-17-8-19(32-5-6-35-18(11-32)13-9-28-33(10-13)23(26)27)30-21(20(17)22(34)31(12)2)15-4-3-14(24)7-16(15)25/h3-4,7-10,18,23H,5-6,11H2,1-2H3/t18-/m0/s1. The van der Waals surface area contributed by atoms with Crippen molar-refractivity contribution in [3.05, 3.63) is 69.2 Å². The molecule has 0 unspecified atom stereocenters. The van der Waals surface area contributed by atoms with E-state index in [0.29, 0.717) is 47.1 Å². The molecule has 182 valence electrons. The lowest BCUT2D eigenvalue weighted by atomic mass is 10.1. The third-order valence-electron chi connectivity index (χ3n) is 6.04. The fraction of sp³-hybridized carbons (Fsp3) is 0.304. The zero-order chi connectivity index (χ0) is 24.9. The third-order valence-corrected chi connectivity index (χ3v) is 6.28. The molecule has 4 aromatic rings. The maximum absolute atomic E-state index is 14.9. The van der Waals surface area contributed by atoms with Crippen LogP contribution in [0.1, 0.15) is 24.0 Å². The molecule has 0 aliphatic carbocycles. The van der Waals surface area contributed by atoms with E-state index in [1.54, 1.807) is 20.0 Å². The summed E-state index contributed by atoms with van der Waals surface area (Å²) in [5.41, 5.74) is 0.784. The number of fused-ring (bicyclic) bond motifs is 1. The van der Waals surface area contributed by atoms with Crippen molar-refractivity contribution in [2.24, 2.45) is 7.05 Å². The lowest BCUT2D eigenvalue weighted by Crippen LogP contribution is -2.39. The molecule has 1 aromatic carbocycles. The Bertz CT molecular complexity index is 1490. The molecular formula is C23H20ClF3N6O2. The van der Waals surface area contributed by atoms with Crippen LogP contribution in [0.4, 0.5) is 19.0 Å². The van der Waals surface area contributed by atoms with Crippen molar-refractivity contribution >= 4 is 28.3 Å². The molecule has 1 aliphatic heterocycles. The van der Waals surface area contributed by atoms with E-state index in [0.717, 1.165) is 6.07 Å². The van der Waals surface area contributed by atoms with Gasteiger partial charge in [0.15, 0.2) is 0 Å². The van der Waals surface area contributed by atoms with Gasteiger partial charge in [0.1, 0.15) is 23.6 Å². The Morgan fingerprint density at radius 2 is 2.03 bits per heavy atom. The minimum absolute atomic E-state index is 0.118. The Balaban J connectivity index is 1.62. The van der Waals surface area contributed by atoms with Crippen LogP contribution in [0.2, 0.25) is 5.02 Å². The monoisotopic (exact) mass is 504 g/mol. The fourth-order valence-electron chi connectivity index (χ4n) is 4.10. The number of morpholine rings is 1. The summed E-state index contributed by atoms with van der Waals surface area (Å²) >= 11 is 5.93. The Kier molecular flexibility index (Phi) is 5.97. The summed E-state index contributed by atoms with van der Waals surface area (Å²) in [5.74, 6) is 0.323. The normalized spacial score (nSPS) is 16.4. The number of anilines is 1. The van der Waals surface area contributed by atoms with Crippen molar-refractivity contribution in [1.82, 2.24) is 24.3 Å². The highest BCUT2D eigenvalue weighted by Gasteiger charge is 2.27. The van der Waals surface area contributed by atoms with E-state index in [-0.39, 0.29) is 27.2 Å². The van der Waals surface area contributed by atoms with Crippen LogP contribution in [0.25, 0.3) is 22.2 Å². The van der Waals surface area contributed by atoms with E-state index in [1.807, 2.05) is 4.90 Å². The fourth-order valence-corrected chi connectivity index (χ4v) is 4.26. The molecule has 1 saturated heterocycles.